The van der Waals surface area contributed by atoms with E-state index >= 15 is 0 Å². The molecule has 51 heavy (non-hydrogen) atoms. The van der Waals surface area contributed by atoms with Gasteiger partial charge in [0.05, 0.1) is 10.6 Å². The first-order valence-electron chi connectivity index (χ1n) is 16.8. The average Bonchev–Trinajstić information content (AvgIpc) is 3.13. The number of rotatable bonds is 15. The summed E-state index contributed by atoms with van der Waals surface area (Å²) in [5.74, 6) is 0.483. The molecule has 0 fully saturated rings. The van der Waals surface area contributed by atoms with Crippen molar-refractivity contribution in [3.63, 3.8) is 0 Å². The third-order valence-corrected chi connectivity index (χ3v) is 10.5. The first-order valence-corrected chi connectivity index (χ1v) is 19.0. The van der Waals surface area contributed by atoms with Gasteiger partial charge in [0.1, 0.15) is 24.1 Å². The number of halogens is 1. The van der Waals surface area contributed by atoms with Gasteiger partial charge in [0.25, 0.3) is 10.0 Å². The Bertz CT molecular complexity index is 1990. The van der Waals surface area contributed by atoms with Crippen molar-refractivity contribution in [2.24, 2.45) is 5.92 Å². The largest absolute Gasteiger partial charge is 0.457 e. The van der Waals surface area contributed by atoms with Gasteiger partial charge >= 0.3 is 0 Å². The molecule has 10 heteroatoms. The van der Waals surface area contributed by atoms with Crippen LogP contribution >= 0.6 is 15.9 Å². The molecule has 0 saturated heterocycles. The predicted octanol–water partition coefficient (Wildman–Crippen LogP) is 8.16. The Morgan fingerprint density at radius 2 is 1.33 bits per heavy atom. The highest BCUT2D eigenvalue weighted by Crippen LogP contribution is 2.29. The molecule has 0 aliphatic heterocycles. The number of hydrogen-bond donors (Lipinski definition) is 1. The number of hydrogen-bond acceptors (Lipinski definition) is 5. The first kappa shape index (κ1) is 37.3. The molecule has 1 unspecified atom stereocenters. The van der Waals surface area contributed by atoms with E-state index in [0.717, 1.165) is 25.5 Å². The first-order chi connectivity index (χ1) is 24.5. The molecule has 1 N–H and O–H groups in total. The maximum absolute atomic E-state index is 14.7. The third kappa shape index (κ3) is 10.3. The highest BCUT2D eigenvalue weighted by atomic mass is 79.9. The van der Waals surface area contributed by atoms with Crippen molar-refractivity contribution in [2.45, 2.75) is 44.7 Å². The van der Waals surface area contributed by atoms with Crippen LogP contribution in [0.4, 0.5) is 5.69 Å². The fourth-order valence-electron chi connectivity index (χ4n) is 5.43. The Balaban J connectivity index is 1.55. The molecule has 5 rings (SSSR count). The van der Waals surface area contributed by atoms with Gasteiger partial charge < -0.3 is 15.0 Å². The molecular formula is C41H42BrN3O5S. The number of anilines is 1. The van der Waals surface area contributed by atoms with Crippen LogP contribution in [0.3, 0.4) is 0 Å². The van der Waals surface area contributed by atoms with Crippen LogP contribution in [0.5, 0.6) is 11.5 Å². The van der Waals surface area contributed by atoms with Gasteiger partial charge in [0.2, 0.25) is 11.8 Å². The Kier molecular flexibility index (Phi) is 12.7. The van der Waals surface area contributed by atoms with Gasteiger partial charge in [-0.25, -0.2) is 8.42 Å². The van der Waals surface area contributed by atoms with E-state index in [1.807, 2.05) is 106 Å². The number of ether oxygens (including phenoxy) is 1. The van der Waals surface area contributed by atoms with Gasteiger partial charge in [0.15, 0.2) is 0 Å². The standard InChI is InChI=1S/C41H42BrN3O5S/c1-30(2)27-43-41(47)39(26-32-10-6-4-7-11-32)44(28-33-16-18-34(42)19-17-33)40(46)29-45(51(48,49)38-24-14-31(3)15-25-38)35-20-22-37(23-21-35)50-36-12-8-5-9-13-36/h4-25,30,39H,26-29H2,1-3H3,(H,43,47). The number of carbonyl (C=O) groups excluding carboxylic acids is 2. The average molecular weight is 769 g/mol. The SMILES string of the molecule is Cc1ccc(S(=O)(=O)N(CC(=O)N(Cc2ccc(Br)cc2)C(Cc2ccccc2)C(=O)NCC(C)C)c2ccc(Oc3ccccc3)cc2)cc1. The highest BCUT2D eigenvalue weighted by molar-refractivity contribution is 9.10. The maximum Gasteiger partial charge on any atom is 0.264 e. The second-order valence-electron chi connectivity index (χ2n) is 12.7. The van der Waals surface area contributed by atoms with Gasteiger partial charge in [-0.1, -0.05) is 108 Å². The summed E-state index contributed by atoms with van der Waals surface area (Å²) in [7, 11) is -4.24. The molecule has 0 radical (unpaired) electrons. The van der Waals surface area contributed by atoms with E-state index in [2.05, 4.69) is 21.2 Å². The van der Waals surface area contributed by atoms with Crippen LogP contribution in [0.15, 0.2) is 143 Å². The molecule has 0 spiro atoms. The smallest absolute Gasteiger partial charge is 0.264 e. The van der Waals surface area contributed by atoms with E-state index in [0.29, 0.717) is 18.0 Å². The summed E-state index contributed by atoms with van der Waals surface area (Å²) >= 11 is 3.47. The number of para-hydroxylation sites is 1. The second kappa shape index (κ2) is 17.3. The summed E-state index contributed by atoms with van der Waals surface area (Å²) in [6.07, 6.45) is 0.239. The van der Waals surface area contributed by atoms with E-state index in [4.69, 9.17) is 4.74 Å². The second-order valence-corrected chi connectivity index (χ2v) is 15.5. The van der Waals surface area contributed by atoms with Crippen LogP contribution in [-0.4, -0.2) is 44.3 Å². The third-order valence-electron chi connectivity index (χ3n) is 8.21. The van der Waals surface area contributed by atoms with E-state index in [1.165, 1.54) is 17.0 Å². The summed E-state index contributed by atoms with van der Waals surface area (Å²) in [6.45, 7) is 5.84. The molecule has 2 amide bonds. The topological polar surface area (TPSA) is 96.0 Å². The zero-order valence-corrected chi connectivity index (χ0v) is 31.3. The minimum Gasteiger partial charge on any atom is -0.457 e. The van der Waals surface area contributed by atoms with Gasteiger partial charge in [-0.05, 0) is 84.6 Å². The number of amides is 2. The summed E-state index contributed by atoms with van der Waals surface area (Å²) in [5.41, 5.74) is 2.83. The number of nitrogens with zero attached hydrogens (tertiary/aromatic N) is 2. The van der Waals surface area contributed by atoms with Crippen molar-refractivity contribution < 1.29 is 22.7 Å². The quantitative estimate of drug-likeness (QED) is 0.116. The molecule has 5 aromatic rings. The van der Waals surface area contributed by atoms with Crippen LogP contribution in [-0.2, 0) is 32.6 Å². The predicted molar refractivity (Wildman–Crippen MR) is 205 cm³/mol. The number of sulfonamides is 1. The fourth-order valence-corrected chi connectivity index (χ4v) is 7.11. The number of aryl methyl sites for hydroxylation is 1. The van der Waals surface area contributed by atoms with E-state index in [9.17, 15) is 18.0 Å². The molecule has 264 valence electrons. The lowest BCUT2D eigenvalue weighted by Crippen LogP contribution is -2.53. The van der Waals surface area contributed by atoms with Gasteiger partial charge in [-0.2, -0.15) is 0 Å². The lowest BCUT2D eigenvalue weighted by molar-refractivity contribution is -0.140. The molecule has 8 nitrogen and oxygen atoms in total. The summed E-state index contributed by atoms with van der Waals surface area (Å²) < 4.78 is 36.7. The van der Waals surface area contributed by atoms with Crippen molar-refractivity contribution in [1.29, 1.82) is 0 Å². The molecule has 0 aliphatic carbocycles. The minimum atomic E-state index is -4.24. The van der Waals surface area contributed by atoms with Gasteiger partial charge in [-0.15, -0.1) is 0 Å². The van der Waals surface area contributed by atoms with Crippen LogP contribution in [0.1, 0.15) is 30.5 Å². The van der Waals surface area contributed by atoms with E-state index < -0.39 is 28.5 Å². The number of nitrogens with one attached hydrogen (secondary N) is 1. The molecule has 0 saturated carbocycles. The van der Waals surface area contributed by atoms with Gasteiger partial charge in [0, 0.05) is 24.0 Å². The molecular weight excluding hydrogens is 726 g/mol. The van der Waals surface area contributed by atoms with Gasteiger partial charge in [-0.3, -0.25) is 13.9 Å². The molecule has 0 heterocycles. The normalized spacial score (nSPS) is 11.9. The zero-order chi connectivity index (χ0) is 36.4. The van der Waals surface area contributed by atoms with Crippen LogP contribution in [0.25, 0.3) is 0 Å². The lowest BCUT2D eigenvalue weighted by Gasteiger charge is -2.34. The Morgan fingerprint density at radius 1 is 0.745 bits per heavy atom. The molecule has 5 aromatic carbocycles. The maximum atomic E-state index is 14.7. The minimum absolute atomic E-state index is 0.0421. The van der Waals surface area contributed by atoms with Crippen LogP contribution in [0, 0.1) is 12.8 Å². The number of benzene rings is 5. The summed E-state index contributed by atoms with van der Waals surface area (Å²) in [4.78, 5) is 30.2. The van der Waals surface area contributed by atoms with Crippen molar-refractivity contribution >= 4 is 43.5 Å². The Labute approximate surface area is 309 Å². The van der Waals surface area contributed by atoms with Crippen molar-refractivity contribution in [2.75, 3.05) is 17.4 Å². The molecule has 0 aliphatic rings. The fraction of sp³-hybridized carbons (Fsp3) is 0.220. The van der Waals surface area contributed by atoms with E-state index in [-0.39, 0.29) is 35.4 Å². The molecule has 1 atom stereocenters. The van der Waals surface area contributed by atoms with Crippen molar-refractivity contribution in [3.05, 3.63) is 155 Å². The monoisotopic (exact) mass is 767 g/mol. The Hall–Kier alpha value is -4.93. The van der Waals surface area contributed by atoms with Crippen LogP contribution < -0.4 is 14.4 Å². The molecule has 0 aromatic heterocycles. The lowest BCUT2D eigenvalue weighted by atomic mass is 10.0. The van der Waals surface area contributed by atoms with Crippen LogP contribution in [0.2, 0.25) is 0 Å². The van der Waals surface area contributed by atoms with E-state index in [1.54, 1.807) is 36.4 Å². The highest BCUT2D eigenvalue weighted by Gasteiger charge is 2.34. The van der Waals surface area contributed by atoms with Crippen molar-refractivity contribution in [3.8, 4) is 11.5 Å². The summed E-state index contributed by atoms with van der Waals surface area (Å²) in [6, 6.07) is 38.4. The molecule has 0 bridgehead atoms. The zero-order valence-electron chi connectivity index (χ0n) is 28.9. The Morgan fingerprint density at radius 3 is 1.94 bits per heavy atom. The number of carbonyl (C=O) groups is 2. The summed E-state index contributed by atoms with van der Waals surface area (Å²) in [5, 5.41) is 3.02. The van der Waals surface area contributed by atoms with Crippen molar-refractivity contribution in [1.82, 2.24) is 10.2 Å².